The van der Waals surface area contributed by atoms with Gasteiger partial charge in [0.2, 0.25) is 5.91 Å². The Labute approximate surface area is 424 Å². The number of ketones is 2. The topological polar surface area (TPSA) is 99.2 Å². The number of hydrogen-bond donors (Lipinski definition) is 0. The highest BCUT2D eigenvalue weighted by Gasteiger charge is 2.67. The van der Waals surface area contributed by atoms with Crippen molar-refractivity contribution in [3.8, 4) is 11.5 Å². The van der Waals surface area contributed by atoms with Crippen molar-refractivity contribution in [3.63, 3.8) is 0 Å². The van der Waals surface area contributed by atoms with E-state index >= 15 is 0 Å². The van der Waals surface area contributed by atoms with Crippen molar-refractivity contribution in [2.24, 2.45) is 46.3 Å². The van der Waals surface area contributed by atoms with E-state index in [2.05, 4.69) is 39.5 Å². The highest BCUT2D eigenvalue weighted by Crippen LogP contribution is 2.69. The largest absolute Gasteiger partial charge is 0.490 e. The van der Waals surface area contributed by atoms with E-state index in [0.717, 1.165) is 82.3 Å². The molecule has 402 valence electrons. The van der Waals surface area contributed by atoms with Gasteiger partial charge >= 0.3 is 18.3 Å². The van der Waals surface area contributed by atoms with Crippen LogP contribution in [0.25, 0.3) is 0 Å². The monoisotopic (exact) mass is 1020 g/mol. The second-order valence-electron chi connectivity index (χ2n) is 22.4. The van der Waals surface area contributed by atoms with Gasteiger partial charge in [-0.15, -0.1) is 0 Å². The molecular weight excluding hydrogens is 937 g/mol. The first-order chi connectivity index (χ1) is 34.1. The Morgan fingerprint density at radius 1 is 0.667 bits per heavy atom. The van der Waals surface area contributed by atoms with E-state index in [-0.39, 0.29) is 58.9 Å². The van der Waals surface area contributed by atoms with Crippen LogP contribution in [0, 0.1) is 46.3 Å². The van der Waals surface area contributed by atoms with Gasteiger partial charge in [0, 0.05) is 48.9 Å². The van der Waals surface area contributed by atoms with Crippen LogP contribution in [0.1, 0.15) is 197 Å². The van der Waals surface area contributed by atoms with Crippen molar-refractivity contribution in [2.45, 2.75) is 207 Å². The fourth-order valence-electron chi connectivity index (χ4n) is 14.0. The average molecular weight is 1020 g/mol. The van der Waals surface area contributed by atoms with E-state index in [4.69, 9.17) is 14.2 Å². The lowest BCUT2D eigenvalue weighted by molar-refractivity contribution is -0.212. The lowest BCUT2D eigenvalue weighted by Gasteiger charge is -2.64. The summed E-state index contributed by atoms with van der Waals surface area (Å²) < 4.78 is 99.5. The van der Waals surface area contributed by atoms with E-state index < -0.39 is 52.7 Å². The molecule has 8 unspecified atom stereocenters. The zero-order valence-corrected chi connectivity index (χ0v) is 43.7. The number of esters is 1. The zero-order valence-electron chi connectivity index (χ0n) is 43.7. The van der Waals surface area contributed by atoms with Crippen molar-refractivity contribution >= 4 is 23.4 Å². The number of carbonyl (C=O) groups excluding carboxylic acids is 4. The second-order valence-corrected chi connectivity index (χ2v) is 22.4. The number of amides is 1. The van der Waals surface area contributed by atoms with Gasteiger partial charge in [-0.2, -0.15) is 26.3 Å². The maximum Gasteiger partial charge on any atom is 0.454 e. The molecule has 0 bridgehead atoms. The SMILES string of the molecule is CCCCCCCCN(CCCCCCCC)C(=O)CC[C@@H](C)C1CCC2C3C(OC(C)=O)CC4CC(Oc5ccc(C(=O)C(F)(F)F)cc5)CC[C@]4(C)C3CC(Oc3ccc(C(=O)C(F)(F)F)cc3)[C@@]21C. The van der Waals surface area contributed by atoms with Crippen molar-refractivity contribution in [1.29, 1.82) is 0 Å². The average Bonchev–Trinajstić information content (AvgIpc) is 3.70. The molecule has 8 nitrogen and oxygen atoms in total. The minimum absolute atomic E-state index is 0.0107. The first kappa shape index (κ1) is 57.2. The Kier molecular flexibility index (Phi) is 19.8. The molecule has 0 aromatic heterocycles. The zero-order chi connectivity index (χ0) is 52.4. The lowest BCUT2D eigenvalue weighted by Crippen LogP contribution is -2.64. The van der Waals surface area contributed by atoms with Crippen molar-refractivity contribution in [1.82, 2.24) is 4.90 Å². The molecule has 4 fully saturated rings. The van der Waals surface area contributed by atoms with Crippen molar-refractivity contribution in [2.75, 3.05) is 13.1 Å². The first-order valence-electron chi connectivity index (χ1n) is 27.3. The third kappa shape index (κ3) is 13.8. The number of ether oxygens (including phenoxy) is 3. The molecule has 4 aliphatic carbocycles. The fourth-order valence-corrected chi connectivity index (χ4v) is 14.0. The summed E-state index contributed by atoms with van der Waals surface area (Å²) in [6.45, 7) is 14.2. The summed E-state index contributed by atoms with van der Waals surface area (Å²) in [5, 5.41) is 0. The van der Waals surface area contributed by atoms with Gasteiger partial charge in [0.05, 0.1) is 6.10 Å². The van der Waals surface area contributed by atoms with Crippen LogP contribution in [-0.2, 0) is 14.3 Å². The van der Waals surface area contributed by atoms with Gasteiger partial charge in [-0.25, -0.2) is 0 Å². The quantitative estimate of drug-likeness (QED) is 0.0423. The van der Waals surface area contributed by atoms with Crippen LogP contribution in [0.2, 0.25) is 0 Å². The number of nitrogens with zero attached hydrogens (tertiary/aromatic N) is 1. The molecule has 0 N–H and O–H groups in total. The maximum absolute atomic E-state index is 14.2. The molecular formula is C58H81F6NO7. The number of benzene rings is 2. The molecule has 6 rings (SSSR count). The molecule has 14 heteroatoms. The smallest absolute Gasteiger partial charge is 0.454 e. The number of unbranched alkanes of at least 4 members (excludes halogenated alkanes) is 10. The summed E-state index contributed by atoms with van der Waals surface area (Å²) in [5.41, 5.74) is -1.69. The summed E-state index contributed by atoms with van der Waals surface area (Å²) >= 11 is 0. The Morgan fingerprint density at radius 2 is 1.18 bits per heavy atom. The first-order valence-corrected chi connectivity index (χ1v) is 27.3. The molecule has 2 aromatic rings. The van der Waals surface area contributed by atoms with Crippen LogP contribution < -0.4 is 9.47 Å². The maximum atomic E-state index is 14.2. The predicted molar refractivity (Wildman–Crippen MR) is 266 cm³/mol. The minimum atomic E-state index is -5.02. The highest BCUT2D eigenvalue weighted by atomic mass is 19.4. The molecule has 72 heavy (non-hydrogen) atoms. The summed E-state index contributed by atoms with van der Waals surface area (Å²) in [6.07, 6.45) is 8.77. The summed E-state index contributed by atoms with van der Waals surface area (Å²) in [4.78, 5) is 53.3. The van der Waals surface area contributed by atoms with Crippen molar-refractivity contribution in [3.05, 3.63) is 59.7 Å². The van der Waals surface area contributed by atoms with Crippen LogP contribution in [0.5, 0.6) is 11.5 Å². The second kappa shape index (κ2) is 25.0. The number of rotatable bonds is 25. The number of alkyl halides is 6. The fraction of sp³-hybridized carbons (Fsp3) is 0.724. The Morgan fingerprint density at radius 3 is 1.69 bits per heavy atom. The lowest BCUT2D eigenvalue weighted by atomic mass is 9.43. The van der Waals surface area contributed by atoms with Gasteiger partial charge in [-0.3, -0.25) is 19.2 Å². The van der Waals surface area contributed by atoms with E-state index in [0.29, 0.717) is 50.0 Å². The number of halogens is 6. The van der Waals surface area contributed by atoms with E-state index in [1.54, 1.807) is 0 Å². The Hall–Kier alpha value is -4.10. The predicted octanol–water partition coefficient (Wildman–Crippen LogP) is 15.1. The van der Waals surface area contributed by atoms with Gasteiger partial charge in [0.15, 0.2) is 0 Å². The van der Waals surface area contributed by atoms with E-state index in [9.17, 15) is 45.5 Å². The molecule has 0 heterocycles. The highest BCUT2D eigenvalue weighted by molar-refractivity contribution is 6.00. The van der Waals surface area contributed by atoms with Gasteiger partial charge in [0.25, 0.3) is 11.6 Å². The summed E-state index contributed by atoms with van der Waals surface area (Å²) in [6, 6.07) is 10.2. The molecule has 2 aromatic carbocycles. The number of carbonyl (C=O) groups is 4. The Balaban J connectivity index is 1.24. The number of Topliss-reactive ketones (excluding diaryl/α,β-unsaturated/α-hetero) is 2. The van der Waals surface area contributed by atoms with Gasteiger partial charge in [0.1, 0.15) is 23.7 Å². The molecule has 1 amide bonds. The molecule has 4 aliphatic rings. The van der Waals surface area contributed by atoms with Crippen LogP contribution in [0.3, 0.4) is 0 Å². The molecule has 4 saturated carbocycles. The third-order valence-electron chi connectivity index (χ3n) is 17.8. The van der Waals surface area contributed by atoms with Crippen LogP contribution in [0.15, 0.2) is 48.5 Å². The van der Waals surface area contributed by atoms with Crippen molar-refractivity contribution < 1.29 is 59.7 Å². The van der Waals surface area contributed by atoms with Gasteiger partial charge < -0.3 is 19.1 Å². The summed E-state index contributed by atoms with van der Waals surface area (Å²) in [5.74, 6) is -3.01. The normalized spacial score (nSPS) is 28.5. The number of fused-ring (bicyclic) bond motifs is 5. The van der Waals surface area contributed by atoms with Gasteiger partial charge in [-0.05, 0) is 148 Å². The molecule has 11 atom stereocenters. The standard InChI is InChI=1S/C58H81F6NO7/c1-7-9-11-13-15-17-33-65(34-18-16-14-12-10-8-2)51(67)30-19-38(3)46-28-29-47-52-48(37-50(56(46,47)6)72-44-26-22-41(23-27-44)54(69)58(62,63)64)55(5)32-31-45(35-42(55)36-49(52)70-39(4)66)71-43-24-20-40(21-25-43)53(68)57(59,60)61/h20-27,38,42,45-50,52H,7-19,28-37H2,1-6H3/t38-,42?,45?,46?,47?,48?,49?,50?,52?,55+,56-/m1/s1. The van der Waals surface area contributed by atoms with Crippen LogP contribution in [0.4, 0.5) is 26.3 Å². The molecule has 0 radical (unpaired) electrons. The summed E-state index contributed by atoms with van der Waals surface area (Å²) in [7, 11) is 0. The van der Waals surface area contributed by atoms with Crippen LogP contribution in [-0.4, -0.2) is 72.1 Å². The minimum Gasteiger partial charge on any atom is -0.490 e. The van der Waals surface area contributed by atoms with E-state index in [1.807, 2.05) is 0 Å². The molecule has 0 saturated heterocycles. The van der Waals surface area contributed by atoms with Crippen LogP contribution >= 0.6 is 0 Å². The Bertz CT molecular complexity index is 2080. The number of hydrogen-bond acceptors (Lipinski definition) is 7. The van der Waals surface area contributed by atoms with Gasteiger partial charge in [-0.1, -0.05) is 98.8 Å². The molecule has 0 spiro atoms. The van der Waals surface area contributed by atoms with E-state index in [1.165, 1.54) is 82.6 Å². The molecule has 0 aliphatic heterocycles. The third-order valence-corrected chi connectivity index (χ3v) is 17.8.